The zero-order chi connectivity index (χ0) is 16.2. The molecular weight excluding hydrogens is 290 g/mol. The van der Waals surface area contributed by atoms with Gasteiger partial charge in [-0.15, -0.1) is 0 Å². The van der Waals surface area contributed by atoms with Crippen molar-refractivity contribution < 1.29 is 4.74 Å². The maximum atomic E-state index is 6.01. The van der Waals surface area contributed by atoms with Crippen LogP contribution in [0.2, 0.25) is 0 Å². The first-order valence-electron chi connectivity index (χ1n) is 7.91. The molecule has 0 radical (unpaired) electrons. The molecule has 0 unspecified atom stereocenters. The Morgan fingerprint density at radius 2 is 2.04 bits per heavy atom. The van der Waals surface area contributed by atoms with Gasteiger partial charge < -0.3 is 9.64 Å². The summed E-state index contributed by atoms with van der Waals surface area (Å²) < 4.78 is 6.01. The molecule has 1 aliphatic heterocycles. The molecule has 0 bridgehead atoms. The maximum Gasteiger partial charge on any atom is 0.225 e. The summed E-state index contributed by atoms with van der Waals surface area (Å²) in [6.07, 6.45) is 4.78. The fraction of sp³-hybridized carbons (Fsp3) is 0.471. The van der Waals surface area contributed by atoms with Gasteiger partial charge in [-0.3, -0.25) is 9.88 Å². The van der Waals surface area contributed by atoms with Crippen molar-refractivity contribution in [3.8, 4) is 5.75 Å². The van der Waals surface area contributed by atoms with Gasteiger partial charge in [-0.05, 0) is 31.5 Å². The lowest BCUT2D eigenvalue weighted by atomic mass is 10.3. The van der Waals surface area contributed by atoms with Crippen LogP contribution >= 0.6 is 0 Å². The molecule has 2 aromatic rings. The second-order valence-electron chi connectivity index (χ2n) is 6.14. The van der Waals surface area contributed by atoms with E-state index in [1.54, 1.807) is 12.4 Å². The minimum atomic E-state index is 0.230. The molecule has 1 aliphatic rings. The summed E-state index contributed by atoms with van der Waals surface area (Å²) in [7, 11) is 3.93. The Morgan fingerprint density at radius 1 is 1.26 bits per heavy atom. The molecular formula is C17H23N5O. The van der Waals surface area contributed by atoms with Crippen LogP contribution in [0, 0.1) is 6.92 Å². The summed E-state index contributed by atoms with van der Waals surface area (Å²) in [5.74, 6) is 1.66. The number of ether oxygens (including phenoxy) is 1. The summed E-state index contributed by atoms with van der Waals surface area (Å²) in [6.45, 7) is 4.79. The highest BCUT2D eigenvalue weighted by Gasteiger charge is 2.24. The van der Waals surface area contributed by atoms with Crippen LogP contribution in [0.3, 0.4) is 0 Å². The molecule has 1 saturated heterocycles. The van der Waals surface area contributed by atoms with Crippen LogP contribution in [0.15, 0.2) is 30.6 Å². The molecule has 0 N–H and O–H groups in total. The van der Waals surface area contributed by atoms with E-state index in [-0.39, 0.29) is 6.10 Å². The van der Waals surface area contributed by atoms with Crippen molar-refractivity contribution in [2.45, 2.75) is 26.0 Å². The van der Waals surface area contributed by atoms with Crippen molar-refractivity contribution in [1.29, 1.82) is 0 Å². The van der Waals surface area contributed by atoms with Crippen molar-refractivity contribution in [3.05, 3.63) is 42.0 Å². The van der Waals surface area contributed by atoms with Crippen LogP contribution < -0.4 is 9.64 Å². The standard InChI is InChI=1S/C17H23N5O/c1-13-10-14(20-17(19-13)21(2)3)11-22-9-6-16(12-22)23-15-4-7-18-8-5-15/h4-5,7-8,10,16H,6,9,11-12H2,1-3H3/t16-/m0/s1. The number of aryl methyl sites for hydroxylation is 1. The normalized spacial score (nSPS) is 18.1. The fourth-order valence-electron chi connectivity index (χ4n) is 2.77. The average Bonchev–Trinajstić information content (AvgIpc) is 2.94. The van der Waals surface area contributed by atoms with E-state index < -0.39 is 0 Å². The summed E-state index contributed by atoms with van der Waals surface area (Å²) in [4.78, 5) is 17.4. The van der Waals surface area contributed by atoms with E-state index in [4.69, 9.17) is 4.74 Å². The van der Waals surface area contributed by atoms with Gasteiger partial charge in [0.2, 0.25) is 5.95 Å². The van der Waals surface area contributed by atoms with Crippen molar-refractivity contribution in [1.82, 2.24) is 19.9 Å². The highest BCUT2D eigenvalue weighted by molar-refractivity contribution is 5.29. The Kier molecular flexibility index (Phi) is 4.71. The Balaban J connectivity index is 1.60. The number of nitrogens with zero attached hydrogens (tertiary/aromatic N) is 5. The number of anilines is 1. The molecule has 0 saturated carbocycles. The molecule has 2 aromatic heterocycles. The van der Waals surface area contributed by atoms with E-state index in [0.717, 1.165) is 49.1 Å². The lowest BCUT2D eigenvalue weighted by Crippen LogP contribution is -2.25. The third-order valence-corrected chi connectivity index (χ3v) is 3.86. The Morgan fingerprint density at radius 3 is 2.78 bits per heavy atom. The van der Waals surface area contributed by atoms with E-state index in [9.17, 15) is 0 Å². The minimum absolute atomic E-state index is 0.230. The number of aromatic nitrogens is 3. The lowest BCUT2D eigenvalue weighted by Gasteiger charge is -2.18. The first-order valence-corrected chi connectivity index (χ1v) is 7.91. The molecule has 3 rings (SSSR count). The molecule has 122 valence electrons. The van der Waals surface area contributed by atoms with Gasteiger partial charge in [0.05, 0.1) is 5.69 Å². The summed E-state index contributed by atoms with van der Waals surface area (Å²) in [5.41, 5.74) is 2.06. The molecule has 0 amide bonds. The number of hydrogen-bond donors (Lipinski definition) is 0. The summed E-state index contributed by atoms with van der Waals surface area (Å²) in [6, 6.07) is 5.86. The predicted octanol–water partition coefficient (Wildman–Crippen LogP) is 1.90. The van der Waals surface area contributed by atoms with Gasteiger partial charge in [0.1, 0.15) is 11.9 Å². The number of likely N-dealkylation sites (tertiary alicyclic amines) is 1. The SMILES string of the molecule is Cc1cc(CN2CC[C@H](Oc3ccncc3)C2)nc(N(C)C)n1. The summed E-state index contributed by atoms with van der Waals surface area (Å²) in [5, 5.41) is 0. The van der Waals surface area contributed by atoms with Gasteiger partial charge in [0, 0.05) is 51.8 Å². The highest BCUT2D eigenvalue weighted by atomic mass is 16.5. The Hall–Kier alpha value is -2.21. The third kappa shape index (κ3) is 4.16. The summed E-state index contributed by atoms with van der Waals surface area (Å²) >= 11 is 0. The van der Waals surface area contributed by atoms with Crippen molar-refractivity contribution in [3.63, 3.8) is 0 Å². The Labute approximate surface area is 137 Å². The Bertz CT molecular complexity index is 647. The molecule has 23 heavy (non-hydrogen) atoms. The van der Waals surface area contributed by atoms with Crippen LogP contribution in [0.1, 0.15) is 17.8 Å². The van der Waals surface area contributed by atoms with Crippen LogP contribution in [0.25, 0.3) is 0 Å². The molecule has 3 heterocycles. The fourth-order valence-corrected chi connectivity index (χ4v) is 2.77. The monoisotopic (exact) mass is 313 g/mol. The largest absolute Gasteiger partial charge is 0.489 e. The van der Waals surface area contributed by atoms with Gasteiger partial charge in [-0.25, -0.2) is 9.97 Å². The van der Waals surface area contributed by atoms with Crippen molar-refractivity contribution >= 4 is 5.95 Å². The number of pyridine rings is 1. The number of rotatable bonds is 5. The topological polar surface area (TPSA) is 54.4 Å². The van der Waals surface area contributed by atoms with Crippen LogP contribution in [-0.2, 0) is 6.54 Å². The van der Waals surface area contributed by atoms with Crippen LogP contribution in [0.4, 0.5) is 5.95 Å². The highest BCUT2D eigenvalue weighted by Crippen LogP contribution is 2.19. The molecule has 0 aromatic carbocycles. The van der Waals surface area contributed by atoms with Gasteiger partial charge in [0.25, 0.3) is 0 Å². The van der Waals surface area contributed by atoms with E-state index in [1.807, 2.05) is 38.1 Å². The van der Waals surface area contributed by atoms with E-state index in [1.165, 1.54) is 0 Å². The second-order valence-corrected chi connectivity index (χ2v) is 6.14. The minimum Gasteiger partial charge on any atom is -0.489 e. The van der Waals surface area contributed by atoms with Crippen LogP contribution in [-0.4, -0.2) is 53.1 Å². The number of hydrogen-bond acceptors (Lipinski definition) is 6. The van der Waals surface area contributed by atoms with Crippen LogP contribution in [0.5, 0.6) is 5.75 Å². The zero-order valence-electron chi connectivity index (χ0n) is 13.9. The maximum absolute atomic E-state index is 6.01. The molecule has 1 atom stereocenters. The quantitative estimate of drug-likeness (QED) is 0.840. The first-order chi connectivity index (χ1) is 11.1. The van der Waals surface area contributed by atoms with E-state index in [0.29, 0.717) is 0 Å². The van der Waals surface area contributed by atoms with Gasteiger partial charge in [0.15, 0.2) is 0 Å². The van der Waals surface area contributed by atoms with Crippen molar-refractivity contribution in [2.24, 2.45) is 0 Å². The first kappa shape index (κ1) is 15.7. The zero-order valence-corrected chi connectivity index (χ0v) is 13.9. The molecule has 0 aliphatic carbocycles. The van der Waals surface area contributed by atoms with E-state index >= 15 is 0 Å². The molecule has 1 fully saturated rings. The average molecular weight is 313 g/mol. The third-order valence-electron chi connectivity index (χ3n) is 3.86. The smallest absolute Gasteiger partial charge is 0.225 e. The molecule has 6 nitrogen and oxygen atoms in total. The van der Waals surface area contributed by atoms with Gasteiger partial charge in [-0.2, -0.15) is 0 Å². The van der Waals surface area contributed by atoms with Gasteiger partial charge in [-0.1, -0.05) is 0 Å². The van der Waals surface area contributed by atoms with Crippen molar-refractivity contribution in [2.75, 3.05) is 32.1 Å². The molecule has 0 spiro atoms. The predicted molar refractivity (Wildman–Crippen MR) is 89.6 cm³/mol. The van der Waals surface area contributed by atoms with E-state index in [2.05, 4.69) is 25.9 Å². The lowest BCUT2D eigenvalue weighted by molar-refractivity contribution is 0.197. The molecule has 6 heteroatoms. The van der Waals surface area contributed by atoms with Gasteiger partial charge >= 0.3 is 0 Å². The second kappa shape index (κ2) is 6.91.